The normalized spacial score (nSPS) is 21.6. The Morgan fingerprint density at radius 1 is 1.40 bits per heavy atom. The summed E-state index contributed by atoms with van der Waals surface area (Å²) < 4.78 is 17.5. The Morgan fingerprint density at radius 2 is 2.20 bits per heavy atom. The number of amides is 3. The van der Waals surface area contributed by atoms with E-state index in [9.17, 15) is 14.8 Å². The molecule has 1 aromatic carbocycles. The van der Waals surface area contributed by atoms with Crippen molar-refractivity contribution in [2.24, 2.45) is 5.92 Å². The zero-order chi connectivity index (χ0) is 17.7. The highest BCUT2D eigenvalue weighted by molar-refractivity contribution is 8.16. The maximum absolute atomic E-state index is 12.4. The first kappa shape index (κ1) is 16.0. The SMILES string of the molecule is COc1cc(C[N+]2=C3SC=C(C)C3C(=O)N(O)C2=O)cc2c1OCO2. The molecule has 130 valence electrons. The number of hydrogen-bond acceptors (Lipinski definition) is 7. The molecule has 0 aromatic heterocycles. The quantitative estimate of drug-likeness (QED) is 0.649. The molecule has 0 saturated heterocycles. The monoisotopic (exact) mass is 363 g/mol. The van der Waals surface area contributed by atoms with Gasteiger partial charge in [-0.1, -0.05) is 11.8 Å². The number of rotatable bonds is 3. The molecule has 8 nitrogen and oxygen atoms in total. The second-order valence-electron chi connectivity index (χ2n) is 5.80. The van der Waals surface area contributed by atoms with E-state index in [1.807, 2.05) is 5.41 Å². The molecule has 3 heterocycles. The highest BCUT2D eigenvalue weighted by Crippen LogP contribution is 2.42. The topological polar surface area (TPSA) is 88.3 Å². The maximum Gasteiger partial charge on any atom is 0.532 e. The Morgan fingerprint density at radius 3 is 2.96 bits per heavy atom. The summed E-state index contributed by atoms with van der Waals surface area (Å²) in [6, 6.07) is 2.73. The minimum atomic E-state index is -0.775. The van der Waals surface area contributed by atoms with E-state index in [1.54, 1.807) is 19.1 Å². The van der Waals surface area contributed by atoms with Gasteiger partial charge in [0.2, 0.25) is 12.5 Å². The van der Waals surface area contributed by atoms with Crippen molar-refractivity contribution in [3.8, 4) is 17.2 Å². The number of imide groups is 1. The Hall–Kier alpha value is -2.52. The van der Waals surface area contributed by atoms with E-state index in [2.05, 4.69) is 0 Å². The lowest BCUT2D eigenvalue weighted by Gasteiger charge is -2.21. The number of thioether (sulfide) groups is 1. The lowest BCUT2D eigenvalue weighted by molar-refractivity contribution is -0.463. The number of carbonyl (C=O) groups excluding carboxylic acids is 2. The van der Waals surface area contributed by atoms with Crippen molar-refractivity contribution in [1.82, 2.24) is 5.06 Å². The molecule has 0 radical (unpaired) electrons. The average molecular weight is 363 g/mol. The molecule has 25 heavy (non-hydrogen) atoms. The van der Waals surface area contributed by atoms with Gasteiger partial charge in [-0.3, -0.25) is 0 Å². The number of carbonyl (C=O) groups is 2. The average Bonchev–Trinajstić information content (AvgIpc) is 3.22. The highest BCUT2D eigenvalue weighted by atomic mass is 32.2. The second-order valence-corrected chi connectivity index (χ2v) is 6.69. The smallest absolute Gasteiger partial charge is 0.493 e. The number of hydroxylamine groups is 2. The van der Waals surface area contributed by atoms with Crippen molar-refractivity contribution >= 4 is 28.7 Å². The molecule has 0 saturated carbocycles. The summed E-state index contributed by atoms with van der Waals surface area (Å²) in [4.78, 5) is 24.6. The van der Waals surface area contributed by atoms with Crippen LogP contribution in [0.1, 0.15) is 12.5 Å². The van der Waals surface area contributed by atoms with Crippen LogP contribution in [0.3, 0.4) is 0 Å². The molecule has 1 unspecified atom stereocenters. The molecule has 3 amide bonds. The molecule has 4 rings (SSSR count). The largest absolute Gasteiger partial charge is 0.532 e. The van der Waals surface area contributed by atoms with Crippen LogP contribution in [-0.4, -0.2) is 45.7 Å². The predicted molar refractivity (Wildman–Crippen MR) is 87.0 cm³/mol. The van der Waals surface area contributed by atoms with Gasteiger partial charge in [0.1, 0.15) is 6.54 Å². The van der Waals surface area contributed by atoms with Gasteiger partial charge in [0, 0.05) is 5.56 Å². The van der Waals surface area contributed by atoms with Crippen molar-refractivity contribution in [3.05, 3.63) is 28.7 Å². The van der Waals surface area contributed by atoms with Gasteiger partial charge in [-0.2, -0.15) is 14.6 Å². The Kier molecular flexibility index (Phi) is 3.69. The molecule has 0 aliphatic carbocycles. The minimum absolute atomic E-state index is 0.106. The summed E-state index contributed by atoms with van der Waals surface area (Å²) in [6.07, 6.45) is 0. The van der Waals surface area contributed by atoms with Gasteiger partial charge in [-0.15, -0.1) is 0 Å². The fourth-order valence-corrected chi connectivity index (χ4v) is 4.17. The van der Waals surface area contributed by atoms with Crippen LogP contribution < -0.4 is 14.2 Å². The molecule has 3 aliphatic heterocycles. The third kappa shape index (κ3) is 2.38. The number of ether oxygens (including phenoxy) is 3. The number of urea groups is 1. The van der Waals surface area contributed by atoms with Crippen molar-refractivity contribution in [1.29, 1.82) is 0 Å². The van der Waals surface area contributed by atoms with E-state index in [4.69, 9.17) is 14.2 Å². The van der Waals surface area contributed by atoms with Crippen LogP contribution in [0.5, 0.6) is 17.2 Å². The lowest BCUT2D eigenvalue weighted by Crippen LogP contribution is -2.51. The van der Waals surface area contributed by atoms with Crippen molar-refractivity contribution in [2.75, 3.05) is 13.9 Å². The standard InChI is InChI=1S/C16H15N2O6S/c1-8-6-25-15-12(8)14(19)18(21)16(20)17(15)5-9-3-10(22-2)13-11(4-9)23-7-24-13/h3-4,6,12,21H,5,7H2,1-2H3/q+1. The summed E-state index contributed by atoms with van der Waals surface area (Å²) >= 11 is 1.32. The molecule has 9 heteroatoms. The molecule has 0 bridgehead atoms. The highest BCUT2D eigenvalue weighted by Gasteiger charge is 2.51. The van der Waals surface area contributed by atoms with Crippen LogP contribution in [0, 0.1) is 5.92 Å². The van der Waals surface area contributed by atoms with E-state index >= 15 is 0 Å². The number of methoxy groups -OCH3 is 1. The summed E-state index contributed by atoms with van der Waals surface area (Å²) in [6.45, 7) is 2.07. The maximum atomic E-state index is 12.4. The molecule has 1 aromatic rings. The Bertz CT molecular complexity index is 862. The van der Waals surface area contributed by atoms with E-state index in [0.29, 0.717) is 22.3 Å². The molecule has 1 atom stereocenters. The first-order valence-electron chi connectivity index (χ1n) is 7.52. The summed E-state index contributed by atoms with van der Waals surface area (Å²) in [5.41, 5.74) is 1.53. The molecular formula is C16H15N2O6S+. The number of benzene rings is 1. The first-order chi connectivity index (χ1) is 12.0. The molecule has 1 N–H and O–H groups in total. The first-order valence-corrected chi connectivity index (χ1v) is 8.40. The lowest BCUT2D eigenvalue weighted by atomic mass is 10.0. The summed E-state index contributed by atoms with van der Waals surface area (Å²) in [7, 11) is 1.52. The van der Waals surface area contributed by atoms with Gasteiger partial charge in [-0.25, -0.2) is 4.79 Å². The van der Waals surface area contributed by atoms with Crippen LogP contribution in [0.15, 0.2) is 23.1 Å². The van der Waals surface area contributed by atoms with Crippen LogP contribution in [0.4, 0.5) is 4.79 Å². The van der Waals surface area contributed by atoms with Gasteiger partial charge in [0.25, 0.3) is 0 Å². The van der Waals surface area contributed by atoms with Gasteiger partial charge >= 0.3 is 11.9 Å². The molecule has 0 spiro atoms. The zero-order valence-electron chi connectivity index (χ0n) is 13.5. The number of fused-ring (bicyclic) bond motifs is 2. The Labute approximate surface area is 147 Å². The molecule has 3 aliphatic rings. The Balaban J connectivity index is 1.75. The summed E-state index contributed by atoms with van der Waals surface area (Å²) in [5.74, 6) is 0.308. The fraction of sp³-hybridized carbons (Fsp3) is 0.312. The van der Waals surface area contributed by atoms with Gasteiger partial charge < -0.3 is 14.2 Å². The van der Waals surface area contributed by atoms with Crippen LogP contribution in [0.25, 0.3) is 0 Å². The van der Waals surface area contributed by atoms with E-state index in [0.717, 1.165) is 11.1 Å². The van der Waals surface area contributed by atoms with Crippen LogP contribution in [-0.2, 0) is 11.3 Å². The van der Waals surface area contributed by atoms with Gasteiger partial charge in [0.05, 0.1) is 7.11 Å². The van der Waals surface area contributed by atoms with E-state index < -0.39 is 17.9 Å². The second kappa shape index (κ2) is 5.78. The summed E-state index contributed by atoms with van der Waals surface area (Å²) in [5, 5.41) is 12.5. The third-order valence-electron chi connectivity index (χ3n) is 4.26. The zero-order valence-corrected chi connectivity index (χ0v) is 14.3. The molecule has 0 fully saturated rings. The third-order valence-corrected chi connectivity index (χ3v) is 5.45. The number of nitrogens with zero attached hydrogens (tertiary/aromatic N) is 2. The van der Waals surface area contributed by atoms with Crippen LogP contribution >= 0.6 is 11.8 Å². The number of hydrogen-bond donors (Lipinski definition) is 1. The van der Waals surface area contributed by atoms with Crippen molar-refractivity contribution < 1.29 is 33.6 Å². The van der Waals surface area contributed by atoms with Gasteiger partial charge in [0.15, 0.2) is 22.5 Å². The van der Waals surface area contributed by atoms with Crippen LogP contribution in [0.2, 0.25) is 0 Å². The molecular weight excluding hydrogens is 348 g/mol. The minimum Gasteiger partial charge on any atom is -0.493 e. The fourth-order valence-electron chi connectivity index (χ4n) is 3.03. The van der Waals surface area contributed by atoms with E-state index in [-0.39, 0.29) is 18.4 Å². The van der Waals surface area contributed by atoms with E-state index in [1.165, 1.54) is 23.4 Å². The predicted octanol–water partition coefficient (Wildman–Crippen LogP) is 1.95. The van der Waals surface area contributed by atoms with Crippen molar-refractivity contribution in [3.63, 3.8) is 0 Å². The van der Waals surface area contributed by atoms with Crippen molar-refractivity contribution in [2.45, 2.75) is 13.5 Å². The van der Waals surface area contributed by atoms with Gasteiger partial charge in [-0.05, 0) is 35.1 Å².